The fourth-order valence-electron chi connectivity index (χ4n) is 1.67. The minimum atomic E-state index is -0.540. The van der Waals surface area contributed by atoms with Crippen LogP contribution in [0.4, 0.5) is 0 Å². The molecule has 19 heavy (non-hydrogen) atoms. The first-order chi connectivity index (χ1) is 8.97. The molecule has 0 saturated carbocycles. The maximum atomic E-state index is 9.49. The van der Waals surface area contributed by atoms with E-state index < -0.39 is 6.10 Å². The first kappa shape index (κ1) is 14.4. The number of aliphatic hydroxyl groups excluding tert-OH is 1. The first-order valence-corrected chi connectivity index (χ1v) is 7.06. The summed E-state index contributed by atoms with van der Waals surface area (Å²) < 4.78 is 6.78. The van der Waals surface area contributed by atoms with E-state index in [9.17, 15) is 5.11 Å². The molecule has 0 spiro atoms. The average molecular weight is 342 g/mol. The molecule has 1 N–H and O–H groups in total. The van der Waals surface area contributed by atoms with Gasteiger partial charge in [-0.2, -0.15) is 0 Å². The molecule has 1 atom stereocenters. The molecule has 2 nitrogen and oxygen atoms in total. The lowest BCUT2D eigenvalue weighted by molar-refractivity contribution is 0.199. The van der Waals surface area contributed by atoms with Gasteiger partial charge in [-0.05, 0) is 55.3 Å². The van der Waals surface area contributed by atoms with Gasteiger partial charge in [0, 0.05) is 4.47 Å². The van der Waals surface area contributed by atoms with E-state index >= 15 is 0 Å². The Hall–Kier alpha value is -1.03. The van der Waals surface area contributed by atoms with Gasteiger partial charge in [0.1, 0.15) is 11.5 Å². The number of aliphatic hydroxyl groups is 1. The second-order valence-electron chi connectivity index (χ2n) is 4.38. The first-order valence-electron chi connectivity index (χ1n) is 5.89. The second-order valence-corrected chi connectivity index (χ2v) is 5.64. The SMILES string of the molecule is Cc1cc(Oc2ccc([C@@H](C)O)cc2Cl)ccc1Br. The molecule has 0 saturated heterocycles. The normalized spacial score (nSPS) is 12.3. The fraction of sp³-hybridized carbons (Fsp3) is 0.200. The maximum Gasteiger partial charge on any atom is 0.146 e. The summed E-state index contributed by atoms with van der Waals surface area (Å²) in [4.78, 5) is 0. The summed E-state index contributed by atoms with van der Waals surface area (Å²) in [6, 6.07) is 11.0. The van der Waals surface area contributed by atoms with E-state index in [-0.39, 0.29) is 0 Å². The van der Waals surface area contributed by atoms with Gasteiger partial charge in [0.2, 0.25) is 0 Å². The molecule has 2 aromatic rings. The van der Waals surface area contributed by atoms with Crippen LogP contribution in [0.25, 0.3) is 0 Å². The summed E-state index contributed by atoms with van der Waals surface area (Å²) in [5.41, 5.74) is 1.86. The Labute approximate surface area is 126 Å². The summed E-state index contributed by atoms with van der Waals surface area (Å²) in [6.07, 6.45) is -0.540. The van der Waals surface area contributed by atoms with Crippen molar-refractivity contribution in [3.8, 4) is 11.5 Å². The van der Waals surface area contributed by atoms with E-state index in [4.69, 9.17) is 16.3 Å². The van der Waals surface area contributed by atoms with Crippen molar-refractivity contribution in [2.75, 3.05) is 0 Å². The van der Waals surface area contributed by atoms with E-state index in [0.29, 0.717) is 10.8 Å². The zero-order valence-electron chi connectivity index (χ0n) is 10.7. The van der Waals surface area contributed by atoms with E-state index in [1.54, 1.807) is 25.1 Å². The molecule has 0 fully saturated rings. The van der Waals surface area contributed by atoms with Crippen LogP contribution in [0.3, 0.4) is 0 Å². The third kappa shape index (κ3) is 3.50. The van der Waals surface area contributed by atoms with Crippen LogP contribution in [-0.2, 0) is 0 Å². The molecule has 0 heterocycles. The fourth-order valence-corrected chi connectivity index (χ4v) is 2.14. The van der Waals surface area contributed by atoms with Gasteiger partial charge in [0.25, 0.3) is 0 Å². The van der Waals surface area contributed by atoms with E-state index in [2.05, 4.69) is 15.9 Å². The smallest absolute Gasteiger partial charge is 0.146 e. The average Bonchev–Trinajstić information content (AvgIpc) is 2.36. The topological polar surface area (TPSA) is 29.5 Å². The maximum absolute atomic E-state index is 9.49. The minimum Gasteiger partial charge on any atom is -0.456 e. The van der Waals surface area contributed by atoms with Crippen LogP contribution in [0.1, 0.15) is 24.2 Å². The van der Waals surface area contributed by atoms with Crippen LogP contribution in [0.2, 0.25) is 5.02 Å². The molecule has 2 rings (SSSR count). The Morgan fingerprint density at radius 1 is 1.21 bits per heavy atom. The zero-order chi connectivity index (χ0) is 14.0. The number of rotatable bonds is 3. The van der Waals surface area contributed by atoms with Crippen LogP contribution in [-0.4, -0.2) is 5.11 Å². The Morgan fingerprint density at radius 2 is 1.95 bits per heavy atom. The molecular formula is C15H14BrClO2. The van der Waals surface area contributed by atoms with Crippen LogP contribution >= 0.6 is 27.5 Å². The lowest BCUT2D eigenvalue weighted by Crippen LogP contribution is -1.92. The highest BCUT2D eigenvalue weighted by molar-refractivity contribution is 9.10. The predicted molar refractivity (Wildman–Crippen MR) is 81.0 cm³/mol. The monoisotopic (exact) mass is 340 g/mol. The summed E-state index contributed by atoms with van der Waals surface area (Å²) >= 11 is 9.59. The van der Waals surface area contributed by atoms with Gasteiger partial charge in [-0.1, -0.05) is 33.6 Å². The van der Waals surface area contributed by atoms with Gasteiger partial charge >= 0.3 is 0 Å². The molecule has 0 aliphatic rings. The second kappa shape index (κ2) is 5.95. The highest BCUT2D eigenvalue weighted by atomic mass is 79.9. The largest absolute Gasteiger partial charge is 0.456 e. The molecule has 0 aliphatic carbocycles. The van der Waals surface area contributed by atoms with Crippen molar-refractivity contribution < 1.29 is 9.84 Å². The Kier molecular flexibility index (Phi) is 4.50. The molecule has 2 aromatic carbocycles. The highest BCUT2D eigenvalue weighted by Gasteiger charge is 2.08. The van der Waals surface area contributed by atoms with Crippen molar-refractivity contribution in [1.29, 1.82) is 0 Å². The molecule has 0 bridgehead atoms. The van der Waals surface area contributed by atoms with Gasteiger partial charge < -0.3 is 9.84 Å². The lowest BCUT2D eigenvalue weighted by atomic mass is 10.1. The molecule has 4 heteroatoms. The number of ether oxygens (including phenoxy) is 1. The Morgan fingerprint density at radius 3 is 2.53 bits per heavy atom. The number of aryl methyl sites for hydroxylation is 1. The van der Waals surface area contributed by atoms with Crippen molar-refractivity contribution in [2.45, 2.75) is 20.0 Å². The number of halogens is 2. The highest BCUT2D eigenvalue weighted by Crippen LogP contribution is 2.32. The van der Waals surface area contributed by atoms with Gasteiger partial charge in [0.15, 0.2) is 0 Å². The third-order valence-corrected chi connectivity index (χ3v) is 3.98. The van der Waals surface area contributed by atoms with Crippen molar-refractivity contribution in [3.63, 3.8) is 0 Å². The summed E-state index contributed by atoms with van der Waals surface area (Å²) in [6.45, 7) is 3.69. The Bertz CT molecular complexity index is 597. The van der Waals surface area contributed by atoms with Crippen LogP contribution in [0.15, 0.2) is 40.9 Å². The third-order valence-electron chi connectivity index (χ3n) is 2.80. The van der Waals surface area contributed by atoms with Crippen molar-refractivity contribution in [3.05, 3.63) is 57.0 Å². The lowest BCUT2D eigenvalue weighted by Gasteiger charge is -2.11. The minimum absolute atomic E-state index is 0.485. The number of benzene rings is 2. The van der Waals surface area contributed by atoms with Crippen LogP contribution in [0, 0.1) is 6.92 Å². The van der Waals surface area contributed by atoms with E-state index in [1.165, 1.54) is 0 Å². The number of hydrogen-bond acceptors (Lipinski definition) is 2. The van der Waals surface area contributed by atoms with Crippen molar-refractivity contribution in [1.82, 2.24) is 0 Å². The molecule has 100 valence electrons. The molecule has 0 radical (unpaired) electrons. The van der Waals surface area contributed by atoms with Crippen LogP contribution in [0.5, 0.6) is 11.5 Å². The zero-order valence-corrected chi connectivity index (χ0v) is 13.0. The molecule has 0 aromatic heterocycles. The van der Waals surface area contributed by atoms with Gasteiger partial charge in [-0.25, -0.2) is 0 Å². The number of hydrogen-bond donors (Lipinski definition) is 1. The van der Waals surface area contributed by atoms with E-state index in [1.807, 2.05) is 25.1 Å². The van der Waals surface area contributed by atoms with Gasteiger partial charge in [-0.3, -0.25) is 0 Å². The molecule has 0 unspecified atom stereocenters. The standard InChI is InChI=1S/C15H14BrClO2/c1-9-7-12(4-5-13(9)16)19-15-6-3-11(10(2)18)8-14(15)17/h3-8,10,18H,1-2H3/t10-/m1/s1. The van der Waals surface area contributed by atoms with Crippen molar-refractivity contribution in [2.24, 2.45) is 0 Å². The predicted octanol–water partition coefficient (Wildman–Crippen LogP) is 5.26. The summed E-state index contributed by atoms with van der Waals surface area (Å²) in [5.74, 6) is 1.31. The molecule has 0 aliphatic heterocycles. The van der Waals surface area contributed by atoms with Crippen molar-refractivity contribution >= 4 is 27.5 Å². The van der Waals surface area contributed by atoms with Gasteiger partial charge in [0.05, 0.1) is 11.1 Å². The van der Waals surface area contributed by atoms with Crippen LogP contribution < -0.4 is 4.74 Å². The summed E-state index contributed by atoms with van der Waals surface area (Å²) in [7, 11) is 0. The summed E-state index contributed by atoms with van der Waals surface area (Å²) in [5, 5.41) is 9.98. The Balaban J connectivity index is 2.25. The van der Waals surface area contributed by atoms with Gasteiger partial charge in [-0.15, -0.1) is 0 Å². The quantitative estimate of drug-likeness (QED) is 0.825. The van der Waals surface area contributed by atoms with E-state index in [0.717, 1.165) is 21.3 Å². The molecular weight excluding hydrogens is 328 g/mol. The molecule has 0 amide bonds.